The minimum absolute atomic E-state index is 0.431. The summed E-state index contributed by atoms with van der Waals surface area (Å²) in [5.74, 6) is 0. The fourth-order valence-electron chi connectivity index (χ4n) is 1.30. The number of urea groups is 1. The topological polar surface area (TPSA) is 78.2 Å². The van der Waals surface area contributed by atoms with Crippen molar-refractivity contribution >= 4 is 22.6 Å². The molecule has 0 spiro atoms. The van der Waals surface area contributed by atoms with Crippen LogP contribution in [0.25, 0.3) is 0 Å². The van der Waals surface area contributed by atoms with Crippen molar-refractivity contribution in [1.82, 2.24) is 9.44 Å². The van der Waals surface area contributed by atoms with Gasteiger partial charge >= 0.3 is 6.03 Å². The number of hydrogen-bond acceptors (Lipinski definition) is 5. The van der Waals surface area contributed by atoms with Gasteiger partial charge in [-0.05, 0) is 24.4 Å². The maximum absolute atomic E-state index is 11.6. The number of carbonyl (C=O) groups is 1. The maximum atomic E-state index is 11.6. The van der Waals surface area contributed by atoms with Crippen molar-refractivity contribution in [2.24, 2.45) is 0 Å². The summed E-state index contributed by atoms with van der Waals surface area (Å²) >= 11 is 1.12. The van der Waals surface area contributed by atoms with Gasteiger partial charge in [0, 0.05) is 7.05 Å². The standard InChI is InChI=1S/C11H16N4O2S/c1-4-5-6-9-8(7-12)10(18-14-9)13-11(16)15(2)17-3/h4-6H2,1-3H3,(H,13,16). The highest BCUT2D eigenvalue weighted by atomic mass is 32.1. The summed E-state index contributed by atoms with van der Waals surface area (Å²) in [6, 6.07) is 1.66. The van der Waals surface area contributed by atoms with Crippen LogP contribution >= 0.6 is 11.5 Å². The average molecular weight is 268 g/mol. The number of nitriles is 1. The molecule has 1 heterocycles. The number of rotatable bonds is 5. The molecule has 1 rings (SSSR count). The van der Waals surface area contributed by atoms with Crippen LogP contribution in [0.4, 0.5) is 9.80 Å². The van der Waals surface area contributed by atoms with Gasteiger partial charge in [-0.1, -0.05) is 13.3 Å². The Morgan fingerprint density at radius 1 is 1.67 bits per heavy atom. The number of anilines is 1. The first-order valence-electron chi connectivity index (χ1n) is 5.61. The zero-order chi connectivity index (χ0) is 13.5. The summed E-state index contributed by atoms with van der Waals surface area (Å²) in [6.07, 6.45) is 2.77. The fourth-order valence-corrected chi connectivity index (χ4v) is 2.07. The van der Waals surface area contributed by atoms with Crippen molar-refractivity contribution in [2.75, 3.05) is 19.5 Å². The predicted octanol–water partition coefficient (Wildman–Crippen LogP) is 2.38. The molecule has 0 aromatic carbocycles. The van der Waals surface area contributed by atoms with Crippen LogP contribution in [0.5, 0.6) is 0 Å². The van der Waals surface area contributed by atoms with Crippen molar-refractivity contribution in [3.05, 3.63) is 11.3 Å². The van der Waals surface area contributed by atoms with E-state index in [9.17, 15) is 4.79 Å². The molecule has 98 valence electrons. The van der Waals surface area contributed by atoms with Gasteiger partial charge in [0.25, 0.3) is 0 Å². The number of nitrogens with zero attached hydrogens (tertiary/aromatic N) is 3. The van der Waals surface area contributed by atoms with E-state index in [4.69, 9.17) is 10.1 Å². The Balaban J connectivity index is 2.81. The van der Waals surface area contributed by atoms with Gasteiger partial charge in [0.1, 0.15) is 16.6 Å². The van der Waals surface area contributed by atoms with Crippen LogP contribution in [0.1, 0.15) is 31.0 Å². The Bertz CT molecular complexity index is 452. The number of carbonyl (C=O) groups excluding carboxylic acids is 1. The lowest BCUT2D eigenvalue weighted by Gasteiger charge is -2.13. The second-order valence-corrected chi connectivity index (χ2v) is 4.43. The second-order valence-electron chi connectivity index (χ2n) is 3.66. The highest BCUT2D eigenvalue weighted by Crippen LogP contribution is 2.25. The lowest BCUT2D eigenvalue weighted by Crippen LogP contribution is -2.30. The molecular formula is C11H16N4O2S. The molecule has 0 aliphatic carbocycles. The molecule has 0 aliphatic heterocycles. The molecule has 0 bridgehead atoms. The molecule has 0 saturated heterocycles. The maximum Gasteiger partial charge on any atom is 0.346 e. The molecule has 6 nitrogen and oxygen atoms in total. The van der Waals surface area contributed by atoms with Gasteiger partial charge in [-0.15, -0.1) is 0 Å². The third-order valence-electron chi connectivity index (χ3n) is 2.42. The van der Waals surface area contributed by atoms with E-state index in [1.54, 1.807) is 0 Å². The van der Waals surface area contributed by atoms with Crippen LogP contribution in [0.15, 0.2) is 0 Å². The summed E-state index contributed by atoms with van der Waals surface area (Å²) in [5, 5.41) is 13.2. The number of aryl methyl sites for hydroxylation is 1. The van der Waals surface area contributed by atoms with Gasteiger partial charge in [-0.2, -0.15) is 9.64 Å². The quantitative estimate of drug-likeness (QED) is 0.832. The minimum Gasteiger partial charge on any atom is -0.295 e. The Kier molecular flexibility index (Phi) is 5.55. The van der Waals surface area contributed by atoms with Crippen LogP contribution in [0.3, 0.4) is 0 Å². The molecular weight excluding hydrogens is 252 g/mol. The average Bonchev–Trinajstić information content (AvgIpc) is 2.77. The highest BCUT2D eigenvalue weighted by Gasteiger charge is 2.17. The number of hydroxylamine groups is 2. The van der Waals surface area contributed by atoms with Gasteiger partial charge in [-0.3, -0.25) is 10.2 Å². The molecule has 1 aromatic rings. The Morgan fingerprint density at radius 3 is 2.94 bits per heavy atom. The van der Waals surface area contributed by atoms with Crippen molar-refractivity contribution in [2.45, 2.75) is 26.2 Å². The molecule has 0 atom stereocenters. The number of amides is 2. The van der Waals surface area contributed by atoms with E-state index in [1.165, 1.54) is 14.2 Å². The number of aromatic nitrogens is 1. The van der Waals surface area contributed by atoms with Crippen LogP contribution in [0, 0.1) is 11.3 Å². The first-order chi connectivity index (χ1) is 8.63. The van der Waals surface area contributed by atoms with Crippen molar-refractivity contribution in [3.63, 3.8) is 0 Å². The lowest BCUT2D eigenvalue weighted by atomic mass is 10.1. The lowest BCUT2D eigenvalue weighted by molar-refractivity contribution is -0.0597. The largest absolute Gasteiger partial charge is 0.346 e. The van der Waals surface area contributed by atoms with Gasteiger partial charge in [0.2, 0.25) is 0 Å². The zero-order valence-electron chi connectivity index (χ0n) is 10.7. The molecule has 1 N–H and O–H groups in total. The summed E-state index contributed by atoms with van der Waals surface area (Å²) in [5.41, 5.74) is 1.20. The van der Waals surface area contributed by atoms with E-state index in [1.807, 2.05) is 0 Å². The third kappa shape index (κ3) is 3.42. The van der Waals surface area contributed by atoms with Crippen molar-refractivity contribution in [3.8, 4) is 6.07 Å². The molecule has 0 unspecified atom stereocenters. The SMILES string of the molecule is CCCCc1nsc(NC(=O)N(C)OC)c1C#N. The summed E-state index contributed by atoms with van der Waals surface area (Å²) in [4.78, 5) is 16.3. The number of nitrogens with one attached hydrogen (secondary N) is 1. The monoisotopic (exact) mass is 268 g/mol. The van der Waals surface area contributed by atoms with E-state index in [0.29, 0.717) is 10.6 Å². The fraction of sp³-hybridized carbons (Fsp3) is 0.545. The van der Waals surface area contributed by atoms with Crippen molar-refractivity contribution in [1.29, 1.82) is 5.26 Å². The highest BCUT2D eigenvalue weighted by molar-refractivity contribution is 7.10. The van der Waals surface area contributed by atoms with E-state index in [-0.39, 0.29) is 0 Å². The van der Waals surface area contributed by atoms with Crippen LogP contribution in [0.2, 0.25) is 0 Å². The van der Waals surface area contributed by atoms with E-state index < -0.39 is 6.03 Å². The molecule has 0 radical (unpaired) electrons. The molecule has 7 heteroatoms. The Hall–Kier alpha value is -1.65. The Morgan fingerprint density at radius 2 is 2.39 bits per heavy atom. The Labute approximate surface area is 110 Å². The predicted molar refractivity (Wildman–Crippen MR) is 69.2 cm³/mol. The van der Waals surface area contributed by atoms with Gasteiger partial charge < -0.3 is 0 Å². The van der Waals surface area contributed by atoms with E-state index >= 15 is 0 Å². The molecule has 0 aliphatic rings. The van der Waals surface area contributed by atoms with E-state index in [2.05, 4.69) is 22.7 Å². The van der Waals surface area contributed by atoms with Crippen LogP contribution < -0.4 is 5.32 Å². The molecule has 2 amide bonds. The first-order valence-corrected chi connectivity index (χ1v) is 6.38. The molecule has 0 saturated carbocycles. The van der Waals surface area contributed by atoms with Gasteiger partial charge in [-0.25, -0.2) is 9.86 Å². The first kappa shape index (κ1) is 14.4. The van der Waals surface area contributed by atoms with Gasteiger partial charge in [0.05, 0.1) is 12.8 Å². The number of hydrogen-bond donors (Lipinski definition) is 1. The van der Waals surface area contributed by atoms with Crippen LogP contribution in [-0.4, -0.2) is 29.6 Å². The minimum atomic E-state index is -0.431. The van der Waals surface area contributed by atoms with Crippen molar-refractivity contribution < 1.29 is 9.63 Å². The number of unbranched alkanes of at least 4 members (excludes halogenated alkanes) is 1. The summed E-state index contributed by atoms with van der Waals surface area (Å²) in [6.45, 7) is 2.08. The summed E-state index contributed by atoms with van der Waals surface area (Å²) < 4.78 is 4.21. The summed E-state index contributed by atoms with van der Waals surface area (Å²) in [7, 11) is 2.88. The van der Waals surface area contributed by atoms with E-state index in [0.717, 1.165) is 41.6 Å². The molecule has 1 aromatic heterocycles. The van der Waals surface area contributed by atoms with Crippen LogP contribution in [-0.2, 0) is 11.3 Å². The molecule has 18 heavy (non-hydrogen) atoms. The molecule has 0 fully saturated rings. The smallest absolute Gasteiger partial charge is 0.295 e. The normalized spacial score (nSPS) is 9.89. The third-order valence-corrected chi connectivity index (χ3v) is 3.22. The second kappa shape index (κ2) is 6.93. The zero-order valence-corrected chi connectivity index (χ0v) is 11.5. The van der Waals surface area contributed by atoms with Gasteiger partial charge in [0.15, 0.2) is 0 Å².